The molecule has 0 spiro atoms. The van der Waals surface area contributed by atoms with E-state index in [4.69, 9.17) is 17.3 Å². The van der Waals surface area contributed by atoms with Gasteiger partial charge in [0.05, 0.1) is 16.8 Å². The summed E-state index contributed by atoms with van der Waals surface area (Å²) in [6, 6.07) is 1.78. The van der Waals surface area contributed by atoms with E-state index in [1.54, 1.807) is 12.3 Å². The third kappa shape index (κ3) is 2.03. The predicted octanol–water partition coefficient (Wildman–Crippen LogP) is 1.62. The third-order valence-corrected chi connectivity index (χ3v) is 3.50. The minimum atomic E-state index is -0.534. The lowest BCUT2D eigenvalue weighted by Crippen LogP contribution is -2.09. The highest BCUT2D eigenvalue weighted by Crippen LogP contribution is 2.23. The Bertz CT molecular complexity index is 554. The van der Waals surface area contributed by atoms with Crippen molar-refractivity contribution in [3.63, 3.8) is 0 Å². The zero-order chi connectivity index (χ0) is 11.7. The average molecular weight is 349 g/mol. The number of nitrogens with two attached hydrogens (primary N) is 1. The summed E-state index contributed by atoms with van der Waals surface area (Å²) < 4.78 is 2.28. The Labute approximate surface area is 110 Å². The van der Waals surface area contributed by atoms with Crippen LogP contribution in [0, 0.1) is 3.57 Å². The summed E-state index contributed by atoms with van der Waals surface area (Å²) in [7, 11) is 0. The number of primary amides is 1. The smallest absolute Gasteiger partial charge is 0.251 e. The Morgan fingerprint density at radius 2 is 2.31 bits per heavy atom. The van der Waals surface area contributed by atoms with Gasteiger partial charge in [0.25, 0.3) is 5.91 Å². The second-order valence-electron chi connectivity index (χ2n) is 2.97. The first-order chi connectivity index (χ1) is 7.59. The van der Waals surface area contributed by atoms with Crippen molar-refractivity contribution in [1.29, 1.82) is 0 Å². The molecular formula is C9H6ClIN4O. The quantitative estimate of drug-likeness (QED) is 0.838. The first kappa shape index (κ1) is 11.3. The summed E-state index contributed by atoms with van der Waals surface area (Å²) in [6.07, 6.45) is 4.49. The van der Waals surface area contributed by atoms with Gasteiger partial charge in [-0.15, -0.1) is 0 Å². The molecule has 0 atom stereocenters. The number of hydrogen-bond donors (Lipinski definition) is 1. The lowest BCUT2D eigenvalue weighted by Gasteiger charge is -2.03. The van der Waals surface area contributed by atoms with Gasteiger partial charge in [-0.2, -0.15) is 5.10 Å². The van der Waals surface area contributed by atoms with Gasteiger partial charge in [0.1, 0.15) is 0 Å². The fourth-order valence-electron chi connectivity index (χ4n) is 1.14. The number of nitrogens with zero attached hydrogens (tertiary/aromatic N) is 3. The van der Waals surface area contributed by atoms with Crippen LogP contribution in [-0.4, -0.2) is 20.7 Å². The van der Waals surface area contributed by atoms with E-state index in [-0.39, 0.29) is 0 Å². The van der Waals surface area contributed by atoms with Crippen LogP contribution in [0.5, 0.6) is 0 Å². The first-order valence-electron chi connectivity index (χ1n) is 4.24. The molecule has 0 aliphatic heterocycles. The maximum atomic E-state index is 10.9. The summed E-state index contributed by atoms with van der Waals surface area (Å²) in [6.45, 7) is 0. The number of pyridine rings is 1. The van der Waals surface area contributed by atoms with Crippen LogP contribution in [0.4, 0.5) is 0 Å². The van der Waals surface area contributed by atoms with Crippen molar-refractivity contribution < 1.29 is 4.79 Å². The van der Waals surface area contributed by atoms with Gasteiger partial charge in [-0.1, -0.05) is 11.6 Å². The summed E-state index contributed by atoms with van der Waals surface area (Å²) in [5.41, 5.74) is 5.44. The fourth-order valence-corrected chi connectivity index (χ4v) is 1.74. The third-order valence-electron chi connectivity index (χ3n) is 1.91. The van der Waals surface area contributed by atoms with E-state index in [9.17, 15) is 4.79 Å². The van der Waals surface area contributed by atoms with Gasteiger partial charge in [-0.05, 0) is 28.7 Å². The first-order valence-corrected chi connectivity index (χ1v) is 5.70. The number of carbonyl (C=O) groups excluding carboxylic acids is 1. The molecule has 0 radical (unpaired) electrons. The van der Waals surface area contributed by atoms with E-state index in [0.717, 1.165) is 3.57 Å². The van der Waals surface area contributed by atoms with E-state index in [0.29, 0.717) is 16.4 Å². The van der Waals surface area contributed by atoms with Crippen LogP contribution in [-0.2, 0) is 0 Å². The van der Waals surface area contributed by atoms with Crippen LogP contribution < -0.4 is 5.73 Å². The molecule has 2 aromatic rings. The average Bonchev–Trinajstić information content (AvgIpc) is 2.71. The summed E-state index contributed by atoms with van der Waals surface area (Å²) in [4.78, 5) is 15.0. The fraction of sp³-hybridized carbons (Fsp3) is 0. The van der Waals surface area contributed by atoms with Crippen LogP contribution >= 0.6 is 34.2 Å². The SMILES string of the molecule is NC(=O)c1cnn(-c2nccc(I)c2Cl)c1. The van der Waals surface area contributed by atoms with Crippen LogP contribution in [0.25, 0.3) is 5.82 Å². The highest BCUT2D eigenvalue weighted by molar-refractivity contribution is 14.1. The molecule has 2 heterocycles. The molecule has 16 heavy (non-hydrogen) atoms. The number of halogens is 2. The molecule has 0 aromatic carbocycles. The zero-order valence-electron chi connectivity index (χ0n) is 7.89. The number of carbonyl (C=O) groups is 1. The molecule has 1 amide bonds. The monoisotopic (exact) mass is 348 g/mol. The minimum absolute atomic E-state index is 0.316. The van der Waals surface area contributed by atoms with Crippen LogP contribution in [0.3, 0.4) is 0 Å². The molecule has 0 fully saturated rings. The molecule has 7 heteroatoms. The predicted molar refractivity (Wildman–Crippen MR) is 67.6 cm³/mol. The Balaban J connectivity index is 2.50. The van der Waals surface area contributed by atoms with E-state index in [1.165, 1.54) is 17.1 Å². The van der Waals surface area contributed by atoms with E-state index >= 15 is 0 Å². The Hall–Kier alpha value is -1.15. The van der Waals surface area contributed by atoms with Gasteiger partial charge in [0.2, 0.25) is 0 Å². The van der Waals surface area contributed by atoms with E-state index < -0.39 is 5.91 Å². The highest BCUT2D eigenvalue weighted by Gasteiger charge is 2.10. The zero-order valence-corrected chi connectivity index (χ0v) is 10.8. The van der Waals surface area contributed by atoms with Crippen LogP contribution in [0.1, 0.15) is 10.4 Å². The van der Waals surface area contributed by atoms with Crippen LogP contribution in [0.15, 0.2) is 24.7 Å². The van der Waals surface area contributed by atoms with Gasteiger partial charge < -0.3 is 5.73 Å². The number of amides is 1. The second kappa shape index (κ2) is 4.38. The summed E-state index contributed by atoms with van der Waals surface area (Å²) in [5.74, 6) is -0.0610. The van der Waals surface area contributed by atoms with Gasteiger partial charge in [0, 0.05) is 16.0 Å². The number of hydrogen-bond acceptors (Lipinski definition) is 3. The Morgan fingerprint density at radius 1 is 1.56 bits per heavy atom. The van der Waals surface area contributed by atoms with Gasteiger partial charge in [-0.25, -0.2) is 9.67 Å². The Kier molecular flexibility index (Phi) is 3.10. The Morgan fingerprint density at radius 3 is 2.94 bits per heavy atom. The normalized spacial score (nSPS) is 10.4. The molecule has 0 unspecified atom stereocenters. The number of rotatable bonds is 2. The largest absolute Gasteiger partial charge is 0.366 e. The summed E-state index contributed by atoms with van der Waals surface area (Å²) in [5, 5.41) is 4.46. The molecule has 0 saturated carbocycles. The molecular weight excluding hydrogens is 342 g/mol. The summed E-state index contributed by atoms with van der Waals surface area (Å²) >= 11 is 8.16. The maximum Gasteiger partial charge on any atom is 0.251 e. The highest BCUT2D eigenvalue weighted by atomic mass is 127. The second-order valence-corrected chi connectivity index (χ2v) is 4.51. The number of aromatic nitrogens is 3. The molecule has 0 aliphatic rings. The van der Waals surface area contributed by atoms with E-state index in [1.807, 2.05) is 0 Å². The van der Waals surface area contributed by atoms with Crippen molar-refractivity contribution >= 4 is 40.1 Å². The molecule has 2 rings (SSSR count). The van der Waals surface area contributed by atoms with Crippen molar-refractivity contribution in [2.75, 3.05) is 0 Å². The van der Waals surface area contributed by atoms with Crippen molar-refractivity contribution in [1.82, 2.24) is 14.8 Å². The van der Waals surface area contributed by atoms with Crippen molar-refractivity contribution in [3.8, 4) is 5.82 Å². The lowest BCUT2D eigenvalue weighted by atomic mass is 10.3. The molecule has 5 nitrogen and oxygen atoms in total. The van der Waals surface area contributed by atoms with E-state index in [2.05, 4.69) is 32.7 Å². The molecule has 2 aromatic heterocycles. The van der Waals surface area contributed by atoms with Crippen molar-refractivity contribution in [3.05, 3.63) is 38.8 Å². The molecule has 0 saturated heterocycles. The van der Waals surface area contributed by atoms with Crippen molar-refractivity contribution in [2.24, 2.45) is 5.73 Å². The van der Waals surface area contributed by atoms with Gasteiger partial charge in [-0.3, -0.25) is 4.79 Å². The lowest BCUT2D eigenvalue weighted by molar-refractivity contribution is 0.100. The van der Waals surface area contributed by atoms with Crippen LogP contribution in [0.2, 0.25) is 5.02 Å². The maximum absolute atomic E-state index is 10.9. The van der Waals surface area contributed by atoms with Crippen molar-refractivity contribution in [2.45, 2.75) is 0 Å². The van der Waals surface area contributed by atoms with Gasteiger partial charge in [0.15, 0.2) is 5.82 Å². The van der Waals surface area contributed by atoms with Gasteiger partial charge >= 0.3 is 0 Å². The molecule has 82 valence electrons. The standard InChI is InChI=1S/C9H6ClIN4O/c10-7-6(11)1-2-13-9(7)15-4-5(3-14-15)8(12)16/h1-4H,(H2,12,16). The minimum Gasteiger partial charge on any atom is -0.366 e. The molecule has 2 N–H and O–H groups in total. The topological polar surface area (TPSA) is 73.8 Å². The molecule has 0 aliphatic carbocycles. The molecule has 0 bridgehead atoms.